The van der Waals surface area contributed by atoms with Gasteiger partial charge in [-0.15, -0.1) is 11.3 Å². The predicted molar refractivity (Wildman–Crippen MR) is 90.2 cm³/mol. The van der Waals surface area contributed by atoms with Crippen LogP contribution >= 0.6 is 11.3 Å². The van der Waals surface area contributed by atoms with Gasteiger partial charge in [-0.05, 0) is 17.7 Å². The topological polar surface area (TPSA) is 68.5 Å². The third-order valence-corrected chi connectivity index (χ3v) is 4.18. The third kappa shape index (κ3) is 3.80. The van der Waals surface area contributed by atoms with Crippen molar-refractivity contribution < 1.29 is 14.1 Å². The highest BCUT2D eigenvalue weighted by molar-refractivity contribution is 7.07. The average molecular weight is 343 g/mol. The Morgan fingerprint density at radius 3 is 2.75 bits per heavy atom. The number of hydrogen-bond acceptors (Lipinski definition) is 6. The smallest absolute Gasteiger partial charge is 0.292 e. The van der Waals surface area contributed by atoms with Crippen LogP contribution in [0, 0.1) is 0 Å². The lowest BCUT2D eigenvalue weighted by atomic mass is 10.1. The van der Waals surface area contributed by atoms with Crippen LogP contribution in [0.1, 0.15) is 27.5 Å². The van der Waals surface area contributed by atoms with Crippen molar-refractivity contribution in [3.63, 3.8) is 0 Å². The Balaban J connectivity index is 1.64. The first-order valence-corrected chi connectivity index (χ1v) is 8.31. The van der Waals surface area contributed by atoms with E-state index in [-0.39, 0.29) is 11.7 Å². The Labute approximate surface area is 143 Å². The van der Waals surface area contributed by atoms with Gasteiger partial charge in [-0.3, -0.25) is 4.79 Å². The van der Waals surface area contributed by atoms with Gasteiger partial charge >= 0.3 is 0 Å². The lowest BCUT2D eigenvalue weighted by molar-refractivity contribution is 0.0742. The van der Waals surface area contributed by atoms with Crippen LogP contribution in [0.5, 0.6) is 5.75 Å². The molecule has 7 heteroatoms. The summed E-state index contributed by atoms with van der Waals surface area (Å²) in [7, 11) is 3.35. The molecule has 6 nitrogen and oxygen atoms in total. The van der Waals surface area contributed by atoms with E-state index in [4.69, 9.17) is 9.26 Å². The van der Waals surface area contributed by atoms with Crippen molar-refractivity contribution in [3.8, 4) is 5.75 Å². The van der Waals surface area contributed by atoms with Gasteiger partial charge in [0.05, 0.1) is 30.6 Å². The van der Waals surface area contributed by atoms with E-state index in [2.05, 4.69) is 10.1 Å². The number of methoxy groups -OCH3 is 1. The largest absolute Gasteiger partial charge is 0.497 e. The van der Waals surface area contributed by atoms with Crippen LogP contribution in [0.2, 0.25) is 0 Å². The summed E-state index contributed by atoms with van der Waals surface area (Å²) in [5, 5.41) is 5.90. The number of carbonyl (C=O) groups excluding carboxylic acids is 1. The maximum Gasteiger partial charge on any atom is 0.292 e. The summed E-state index contributed by atoms with van der Waals surface area (Å²) in [5.74, 6) is 0.825. The average Bonchev–Trinajstić information content (AvgIpc) is 3.27. The molecule has 3 rings (SSSR count). The first-order valence-electron chi connectivity index (χ1n) is 7.37. The van der Waals surface area contributed by atoms with Crippen LogP contribution in [0.4, 0.5) is 0 Å². The van der Waals surface area contributed by atoms with E-state index in [1.165, 1.54) is 11.3 Å². The number of ether oxygens (including phenoxy) is 1. The molecule has 2 heterocycles. The molecule has 0 radical (unpaired) electrons. The Bertz CT molecular complexity index is 797. The molecule has 1 aromatic carbocycles. The van der Waals surface area contributed by atoms with Gasteiger partial charge in [0.1, 0.15) is 5.75 Å². The van der Waals surface area contributed by atoms with Gasteiger partial charge in [0, 0.05) is 24.9 Å². The molecule has 0 aliphatic heterocycles. The Morgan fingerprint density at radius 2 is 2.08 bits per heavy atom. The van der Waals surface area contributed by atoms with Crippen molar-refractivity contribution in [2.75, 3.05) is 14.2 Å². The minimum Gasteiger partial charge on any atom is -0.497 e. The van der Waals surface area contributed by atoms with Crippen molar-refractivity contribution in [3.05, 3.63) is 63.9 Å². The zero-order valence-corrected chi connectivity index (χ0v) is 14.2. The van der Waals surface area contributed by atoms with Crippen LogP contribution < -0.4 is 4.74 Å². The van der Waals surface area contributed by atoms with Crippen LogP contribution in [0.15, 0.2) is 45.7 Å². The van der Waals surface area contributed by atoms with E-state index in [0.29, 0.717) is 18.7 Å². The fraction of sp³-hybridized carbons (Fsp3) is 0.235. The first kappa shape index (κ1) is 16.2. The second kappa shape index (κ2) is 7.27. The molecule has 0 N–H and O–H groups in total. The molecule has 0 saturated heterocycles. The Kier molecular flexibility index (Phi) is 4.90. The molecule has 0 saturated carbocycles. The summed E-state index contributed by atoms with van der Waals surface area (Å²) in [6.07, 6.45) is 0.594. The Morgan fingerprint density at radius 1 is 1.29 bits per heavy atom. The zero-order chi connectivity index (χ0) is 16.9. The monoisotopic (exact) mass is 343 g/mol. The molecule has 0 aliphatic rings. The van der Waals surface area contributed by atoms with Gasteiger partial charge in [-0.25, -0.2) is 4.98 Å². The van der Waals surface area contributed by atoms with Gasteiger partial charge in [0.2, 0.25) is 5.76 Å². The maximum atomic E-state index is 12.4. The molecular formula is C17H17N3O3S. The summed E-state index contributed by atoms with van der Waals surface area (Å²) >= 11 is 1.50. The van der Waals surface area contributed by atoms with Crippen LogP contribution in [-0.4, -0.2) is 35.1 Å². The molecule has 124 valence electrons. The summed E-state index contributed by atoms with van der Waals surface area (Å²) in [4.78, 5) is 18.1. The van der Waals surface area contributed by atoms with Gasteiger partial charge in [0.15, 0.2) is 0 Å². The summed E-state index contributed by atoms with van der Waals surface area (Å²) in [6, 6.07) is 9.39. The molecule has 24 heavy (non-hydrogen) atoms. The van der Waals surface area contributed by atoms with E-state index in [0.717, 1.165) is 17.0 Å². The molecule has 1 amide bonds. The molecule has 2 aromatic heterocycles. The second-order valence-corrected chi connectivity index (χ2v) is 6.07. The minimum atomic E-state index is -0.212. The third-order valence-electron chi connectivity index (χ3n) is 3.54. The fourth-order valence-corrected chi connectivity index (χ4v) is 2.82. The number of thiazole rings is 1. The number of rotatable bonds is 6. The standard InChI is InChI=1S/C17H17N3O3S/c1-20(9-14-10-24-11-18-14)17(21)16-8-13(19-23-16)7-12-3-5-15(22-2)6-4-12/h3-6,8,10-11H,7,9H2,1-2H3. The number of hydrogen-bond donors (Lipinski definition) is 0. The Hall–Kier alpha value is -2.67. The van der Waals surface area contributed by atoms with Crippen molar-refractivity contribution in [1.29, 1.82) is 0 Å². The molecule has 0 bridgehead atoms. The lowest BCUT2D eigenvalue weighted by Crippen LogP contribution is -2.25. The van der Waals surface area contributed by atoms with E-state index < -0.39 is 0 Å². The lowest BCUT2D eigenvalue weighted by Gasteiger charge is -2.13. The van der Waals surface area contributed by atoms with Gasteiger partial charge in [-0.2, -0.15) is 0 Å². The number of nitrogens with zero attached hydrogens (tertiary/aromatic N) is 3. The molecule has 0 unspecified atom stereocenters. The van der Waals surface area contributed by atoms with E-state index in [9.17, 15) is 4.79 Å². The summed E-state index contributed by atoms with van der Waals surface area (Å²) in [5.41, 5.74) is 4.38. The predicted octanol–water partition coefficient (Wildman–Crippen LogP) is 3.00. The first-order chi connectivity index (χ1) is 11.7. The molecule has 0 spiro atoms. The van der Waals surface area contributed by atoms with Crippen molar-refractivity contribution in [1.82, 2.24) is 15.0 Å². The number of amides is 1. The van der Waals surface area contributed by atoms with Gasteiger partial charge in [-0.1, -0.05) is 17.3 Å². The summed E-state index contributed by atoms with van der Waals surface area (Å²) in [6.45, 7) is 0.441. The molecule has 0 atom stereocenters. The highest BCUT2D eigenvalue weighted by Crippen LogP contribution is 2.16. The van der Waals surface area contributed by atoms with Crippen LogP contribution in [0.25, 0.3) is 0 Å². The highest BCUT2D eigenvalue weighted by Gasteiger charge is 2.18. The summed E-state index contributed by atoms with van der Waals surface area (Å²) < 4.78 is 10.3. The maximum absolute atomic E-state index is 12.4. The van der Waals surface area contributed by atoms with Crippen molar-refractivity contribution >= 4 is 17.2 Å². The molecule has 0 fully saturated rings. The van der Waals surface area contributed by atoms with E-state index >= 15 is 0 Å². The number of benzene rings is 1. The van der Waals surface area contributed by atoms with E-state index in [1.54, 1.807) is 30.6 Å². The SMILES string of the molecule is COc1ccc(Cc2cc(C(=O)N(C)Cc3cscn3)on2)cc1. The number of aromatic nitrogens is 2. The molecular weight excluding hydrogens is 326 g/mol. The highest BCUT2D eigenvalue weighted by atomic mass is 32.1. The van der Waals surface area contributed by atoms with Crippen molar-refractivity contribution in [2.45, 2.75) is 13.0 Å². The molecule has 0 aliphatic carbocycles. The van der Waals surface area contributed by atoms with E-state index in [1.807, 2.05) is 29.6 Å². The zero-order valence-electron chi connectivity index (χ0n) is 13.4. The second-order valence-electron chi connectivity index (χ2n) is 5.35. The number of carbonyl (C=O) groups is 1. The van der Waals surface area contributed by atoms with Gasteiger partial charge < -0.3 is 14.2 Å². The van der Waals surface area contributed by atoms with Crippen LogP contribution in [0.3, 0.4) is 0 Å². The fourth-order valence-electron chi connectivity index (χ4n) is 2.27. The van der Waals surface area contributed by atoms with Crippen LogP contribution in [-0.2, 0) is 13.0 Å². The molecule has 3 aromatic rings. The van der Waals surface area contributed by atoms with Crippen molar-refractivity contribution in [2.24, 2.45) is 0 Å². The minimum absolute atomic E-state index is 0.212. The van der Waals surface area contributed by atoms with Gasteiger partial charge in [0.25, 0.3) is 5.91 Å². The quantitative estimate of drug-likeness (QED) is 0.688. The normalized spacial score (nSPS) is 10.6.